The molecule has 1 aromatic carbocycles. The monoisotopic (exact) mass is 344 g/mol. The molecular weight excluding hydrogens is 324 g/mol. The fourth-order valence-electron chi connectivity index (χ4n) is 3.17. The van der Waals surface area contributed by atoms with E-state index in [0.717, 1.165) is 48.0 Å². The van der Waals surface area contributed by atoms with Gasteiger partial charge < -0.3 is 4.90 Å². The summed E-state index contributed by atoms with van der Waals surface area (Å²) >= 11 is 8.02. The predicted molar refractivity (Wildman–Crippen MR) is 103 cm³/mol. The van der Waals surface area contributed by atoms with E-state index in [0.29, 0.717) is 0 Å². The molecule has 1 aromatic rings. The average molecular weight is 345 g/mol. The number of allylic oxidation sites excluding steroid dienone is 2. The van der Waals surface area contributed by atoms with Gasteiger partial charge in [-0.25, -0.2) is 0 Å². The molecule has 0 amide bonds. The molecule has 2 aliphatic rings. The van der Waals surface area contributed by atoms with E-state index in [2.05, 4.69) is 42.4 Å². The van der Waals surface area contributed by atoms with E-state index in [4.69, 9.17) is 11.6 Å². The Morgan fingerprint density at radius 2 is 2.04 bits per heavy atom. The van der Waals surface area contributed by atoms with Crippen LogP contribution in [0.4, 0.5) is 0 Å². The first-order valence-corrected chi connectivity index (χ1v) is 9.16. The maximum absolute atomic E-state index is 6.22. The third-order valence-corrected chi connectivity index (χ3v) is 5.83. The van der Waals surface area contributed by atoms with Crippen LogP contribution in [-0.4, -0.2) is 37.5 Å². The Bertz CT molecular complexity index is 708. The average Bonchev–Trinajstić information content (AvgIpc) is 2.71. The molecular formula is C19H21ClN2S. The Labute approximate surface area is 147 Å². The molecule has 4 heteroatoms. The largest absolute Gasteiger partial charge is 0.306 e. The predicted octanol–water partition coefficient (Wildman–Crippen LogP) is 5.07. The summed E-state index contributed by atoms with van der Waals surface area (Å²) in [5.41, 5.74) is 6.10. The highest BCUT2D eigenvalue weighted by molar-refractivity contribution is 7.99. The van der Waals surface area contributed by atoms with Crippen LogP contribution in [0.2, 0.25) is 5.02 Å². The zero-order valence-corrected chi connectivity index (χ0v) is 15.0. The Morgan fingerprint density at radius 3 is 2.70 bits per heavy atom. The van der Waals surface area contributed by atoms with Gasteiger partial charge in [0, 0.05) is 34.3 Å². The van der Waals surface area contributed by atoms with Gasteiger partial charge in [-0.05, 0) is 49.9 Å². The number of piperidine rings is 1. The van der Waals surface area contributed by atoms with E-state index in [1.807, 2.05) is 12.1 Å². The maximum Gasteiger partial charge on any atom is 0.0740 e. The minimum atomic E-state index is 0.777. The van der Waals surface area contributed by atoms with Crippen molar-refractivity contribution < 1.29 is 0 Å². The Hall–Kier alpha value is -1.29. The van der Waals surface area contributed by atoms with Crippen molar-refractivity contribution in [3.05, 3.63) is 58.3 Å². The number of rotatable bonds is 2. The lowest BCUT2D eigenvalue weighted by Gasteiger charge is -2.27. The molecule has 0 spiro atoms. The van der Waals surface area contributed by atoms with Crippen molar-refractivity contribution in [2.45, 2.75) is 17.7 Å². The fraction of sp³-hybridized carbons (Fsp3) is 0.316. The molecule has 2 aliphatic heterocycles. The SMILES string of the molecule is C=CC1=C(N=C)C(=C2CCN(C)CC2)c2ccc(Cl)cc2SC1. The summed E-state index contributed by atoms with van der Waals surface area (Å²) in [5.74, 6) is 0.849. The van der Waals surface area contributed by atoms with E-state index >= 15 is 0 Å². The molecule has 0 bridgehead atoms. The normalized spacial score (nSPS) is 19.4. The lowest BCUT2D eigenvalue weighted by atomic mass is 9.89. The van der Waals surface area contributed by atoms with Crippen molar-refractivity contribution in [1.29, 1.82) is 0 Å². The minimum Gasteiger partial charge on any atom is -0.306 e. The second-order valence-corrected chi connectivity index (χ2v) is 7.40. The van der Waals surface area contributed by atoms with Gasteiger partial charge in [0.1, 0.15) is 0 Å². The molecule has 0 radical (unpaired) electrons. The third-order valence-electron chi connectivity index (χ3n) is 4.49. The molecule has 120 valence electrons. The van der Waals surface area contributed by atoms with Gasteiger partial charge in [0.15, 0.2) is 0 Å². The second-order valence-electron chi connectivity index (χ2n) is 5.95. The minimum absolute atomic E-state index is 0.777. The van der Waals surface area contributed by atoms with Crippen molar-refractivity contribution in [2.75, 3.05) is 25.9 Å². The van der Waals surface area contributed by atoms with E-state index < -0.39 is 0 Å². The van der Waals surface area contributed by atoms with E-state index in [9.17, 15) is 0 Å². The van der Waals surface area contributed by atoms with Crippen LogP contribution in [0.25, 0.3) is 5.57 Å². The van der Waals surface area contributed by atoms with Crippen LogP contribution < -0.4 is 0 Å². The summed E-state index contributed by atoms with van der Waals surface area (Å²) in [6, 6.07) is 6.16. The second kappa shape index (κ2) is 7.08. The molecule has 23 heavy (non-hydrogen) atoms. The van der Waals surface area contributed by atoms with Crippen molar-refractivity contribution in [2.24, 2.45) is 4.99 Å². The maximum atomic E-state index is 6.22. The summed E-state index contributed by atoms with van der Waals surface area (Å²) in [7, 11) is 2.18. The van der Waals surface area contributed by atoms with Gasteiger partial charge in [-0.15, -0.1) is 11.8 Å². The first-order valence-electron chi connectivity index (χ1n) is 7.80. The van der Waals surface area contributed by atoms with Crippen molar-refractivity contribution in [1.82, 2.24) is 4.90 Å². The number of aliphatic imine (C=N–C) groups is 1. The van der Waals surface area contributed by atoms with Crippen LogP contribution in [-0.2, 0) is 0 Å². The van der Waals surface area contributed by atoms with Crippen LogP contribution in [0.1, 0.15) is 18.4 Å². The molecule has 1 saturated heterocycles. The van der Waals surface area contributed by atoms with Crippen molar-refractivity contribution >= 4 is 35.7 Å². The molecule has 0 saturated carbocycles. The summed E-state index contributed by atoms with van der Waals surface area (Å²) in [6.07, 6.45) is 4.06. The summed E-state index contributed by atoms with van der Waals surface area (Å²) in [5, 5.41) is 0.777. The number of likely N-dealkylation sites (tertiary alicyclic amines) is 1. The van der Waals surface area contributed by atoms with Crippen LogP contribution in [0.15, 0.2) is 57.6 Å². The lowest BCUT2D eigenvalue weighted by Crippen LogP contribution is -2.27. The number of nitrogens with zero attached hydrogens (tertiary/aromatic N) is 2. The molecule has 0 aliphatic carbocycles. The van der Waals surface area contributed by atoms with Crippen molar-refractivity contribution in [3.63, 3.8) is 0 Å². The zero-order chi connectivity index (χ0) is 16.4. The highest BCUT2D eigenvalue weighted by Gasteiger charge is 2.24. The molecule has 2 heterocycles. The summed E-state index contributed by atoms with van der Waals surface area (Å²) in [6.45, 7) is 9.99. The Balaban J connectivity index is 2.22. The quantitative estimate of drug-likeness (QED) is 0.696. The molecule has 0 aromatic heterocycles. The number of hydrogen-bond acceptors (Lipinski definition) is 3. The van der Waals surface area contributed by atoms with Crippen LogP contribution >= 0.6 is 23.4 Å². The van der Waals surface area contributed by atoms with E-state index in [1.54, 1.807) is 11.8 Å². The molecule has 2 nitrogen and oxygen atoms in total. The van der Waals surface area contributed by atoms with Gasteiger partial charge in [0.25, 0.3) is 0 Å². The van der Waals surface area contributed by atoms with Crippen LogP contribution in [0.5, 0.6) is 0 Å². The summed E-state index contributed by atoms with van der Waals surface area (Å²) in [4.78, 5) is 7.99. The number of hydrogen-bond donors (Lipinski definition) is 0. The van der Waals surface area contributed by atoms with Gasteiger partial charge in [-0.1, -0.05) is 35.9 Å². The molecule has 0 N–H and O–H groups in total. The Kier molecular flexibility index (Phi) is 5.10. The summed E-state index contributed by atoms with van der Waals surface area (Å²) < 4.78 is 0. The van der Waals surface area contributed by atoms with Crippen LogP contribution in [0.3, 0.4) is 0 Å². The van der Waals surface area contributed by atoms with Crippen molar-refractivity contribution in [3.8, 4) is 0 Å². The topological polar surface area (TPSA) is 15.6 Å². The Morgan fingerprint density at radius 1 is 1.30 bits per heavy atom. The standard InChI is InChI=1S/C19H21ClN2S/c1-4-13-12-23-17-11-15(20)5-6-16(17)18(19(13)21-2)14-7-9-22(3)10-8-14/h4-6,11H,1-2,7-10,12H2,3H3. The van der Waals surface area contributed by atoms with Gasteiger partial charge in [0.2, 0.25) is 0 Å². The molecule has 1 fully saturated rings. The van der Waals surface area contributed by atoms with Crippen LogP contribution in [0, 0.1) is 0 Å². The van der Waals surface area contributed by atoms with Gasteiger partial charge in [-0.3, -0.25) is 4.99 Å². The first-order chi connectivity index (χ1) is 11.1. The van der Waals surface area contributed by atoms with E-state index in [-0.39, 0.29) is 0 Å². The molecule has 0 atom stereocenters. The lowest BCUT2D eigenvalue weighted by molar-refractivity contribution is 0.313. The third kappa shape index (κ3) is 3.32. The van der Waals surface area contributed by atoms with E-state index in [1.165, 1.54) is 21.6 Å². The highest BCUT2D eigenvalue weighted by Crippen LogP contribution is 2.43. The first kappa shape index (κ1) is 16.6. The number of fused-ring (bicyclic) bond motifs is 1. The number of benzene rings is 1. The zero-order valence-electron chi connectivity index (χ0n) is 13.4. The fourth-order valence-corrected chi connectivity index (χ4v) is 4.50. The van der Waals surface area contributed by atoms with Gasteiger partial charge in [0.05, 0.1) is 5.70 Å². The number of halogens is 1. The van der Waals surface area contributed by atoms with Gasteiger partial charge in [-0.2, -0.15) is 0 Å². The highest BCUT2D eigenvalue weighted by atomic mass is 35.5. The molecule has 3 rings (SSSR count). The smallest absolute Gasteiger partial charge is 0.0740 e. The molecule has 0 unspecified atom stereocenters. The van der Waals surface area contributed by atoms with Gasteiger partial charge >= 0.3 is 0 Å². The number of thioether (sulfide) groups is 1.